The van der Waals surface area contributed by atoms with Crippen molar-refractivity contribution < 1.29 is 18.3 Å². The van der Waals surface area contributed by atoms with E-state index in [1.54, 1.807) is 31.6 Å². The van der Waals surface area contributed by atoms with Crippen LogP contribution in [-0.4, -0.2) is 46.2 Å². The highest BCUT2D eigenvalue weighted by atomic mass is 19.3. The lowest BCUT2D eigenvalue weighted by Crippen LogP contribution is -2.32. The van der Waals surface area contributed by atoms with Crippen molar-refractivity contribution in [3.8, 4) is 11.5 Å². The first-order valence-corrected chi connectivity index (χ1v) is 10.0. The highest BCUT2D eigenvalue weighted by Crippen LogP contribution is 2.33. The molecule has 1 aromatic carbocycles. The molecule has 1 fully saturated rings. The number of benzene rings is 1. The predicted molar refractivity (Wildman–Crippen MR) is 108 cm³/mol. The maximum atomic E-state index is 12.6. The highest BCUT2D eigenvalue weighted by molar-refractivity contribution is 5.77. The van der Waals surface area contributed by atoms with E-state index >= 15 is 0 Å². The number of alkyl halides is 2. The molecule has 0 aliphatic carbocycles. The first-order chi connectivity index (χ1) is 14.5. The van der Waals surface area contributed by atoms with Gasteiger partial charge in [-0.15, -0.1) is 0 Å². The zero-order chi connectivity index (χ0) is 21.1. The number of hydrogen-bond donors (Lipinski definition) is 2. The standard InChI is InChI=1S/C21H24F2N4O3/c1-2-29-17-9-13(3-4-16(17)30-21(22)23)11-27-7-5-14(6-8-27)15-10-24-20(28)19-18(15)25-12-26-19/h3-4,9-10,12,14,21H,2,5-8,11H2,1H3,(H,24,28)(H,25,26). The van der Waals surface area contributed by atoms with Crippen LogP contribution in [0.25, 0.3) is 11.0 Å². The Morgan fingerprint density at radius 1 is 1.23 bits per heavy atom. The minimum atomic E-state index is -2.89. The number of pyridine rings is 1. The number of aromatic nitrogens is 3. The molecule has 0 atom stereocenters. The number of likely N-dealkylation sites (tertiary alicyclic amines) is 1. The summed E-state index contributed by atoms with van der Waals surface area (Å²) in [6, 6.07) is 5.10. The Balaban J connectivity index is 1.42. The second kappa shape index (κ2) is 8.83. The van der Waals surface area contributed by atoms with Crippen LogP contribution in [0.15, 0.2) is 35.5 Å². The number of imidazole rings is 1. The lowest BCUT2D eigenvalue weighted by Gasteiger charge is -2.32. The first-order valence-electron chi connectivity index (χ1n) is 10.0. The fourth-order valence-corrected chi connectivity index (χ4v) is 4.07. The third-order valence-electron chi connectivity index (χ3n) is 5.46. The normalized spacial score (nSPS) is 15.7. The van der Waals surface area contributed by atoms with Gasteiger partial charge < -0.3 is 19.4 Å². The Morgan fingerprint density at radius 2 is 2.03 bits per heavy atom. The number of nitrogens with one attached hydrogen (secondary N) is 2. The van der Waals surface area contributed by atoms with Crippen LogP contribution < -0.4 is 15.0 Å². The molecule has 3 aromatic rings. The van der Waals surface area contributed by atoms with Gasteiger partial charge in [0, 0.05) is 12.7 Å². The summed E-state index contributed by atoms with van der Waals surface area (Å²) >= 11 is 0. The molecule has 0 unspecified atom stereocenters. The predicted octanol–water partition coefficient (Wildman–Crippen LogP) is 3.63. The molecular formula is C21H24F2N4O3. The lowest BCUT2D eigenvalue weighted by atomic mass is 9.89. The number of hydrogen-bond acceptors (Lipinski definition) is 5. The van der Waals surface area contributed by atoms with Crippen LogP contribution in [0.4, 0.5) is 8.78 Å². The Bertz CT molecular complexity index is 1060. The topological polar surface area (TPSA) is 83.2 Å². The summed E-state index contributed by atoms with van der Waals surface area (Å²) in [5.41, 5.74) is 3.15. The second-order valence-electron chi connectivity index (χ2n) is 7.34. The van der Waals surface area contributed by atoms with Gasteiger partial charge in [-0.3, -0.25) is 9.69 Å². The molecule has 0 spiro atoms. The lowest BCUT2D eigenvalue weighted by molar-refractivity contribution is -0.0514. The van der Waals surface area contributed by atoms with Crippen molar-refractivity contribution >= 4 is 11.0 Å². The second-order valence-corrected chi connectivity index (χ2v) is 7.34. The number of fused-ring (bicyclic) bond motifs is 1. The Hall–Kier alpha value is -2.94. The summed E-state index contributed by atoms with van der Waals surface area (Å²) in [6.07, 6.45) is 5.24. The molecule has 2 aromatic heterocycles. The monoisotopic (exact) mass is 418 g/mol. The van der Waals surface area contributed by atoms with Crippen molar-refractivity contribution in [2.45, 2.75) is 38.8 Å². The average molecular weight is 418 g/mol. The van der Waals surface area contributed by atoms with E-state index in [2.05, 4.69) is 24.6 Å². The van der Waals surface area contributed by atoms with Crippen LogP contribution in [0.5, 0.6) is 11.5 Å². The number of piperidine rings is 1. The number of nitrogens with zero attached hydrogens (tertiary/aromatic N) is 2. The zero-order valence-electron chi connectivity index (χ0n) is 16.7. The fourth-order valence-electron chi connectivity index (χ4n) is 4.07. The molecule has 3 heterocycles. The summed E-state index contributed by atoms with van der Waals surface area (Å²) in [7, 11) is 0. The summed E-state index contributed by atoms with van der Waals surface area (Å²) in [4.78, 5) is 24.2. The van der Waals surface area contributed by atoms with Gasteiger partial charge in [0.2, 0.25) is 0 Å². The van der Waals surface area contributed by atoms with Gasteiger partial charge in [0.1, 0.15) is 0 Å². The maximum absolute atomic E-state index is 12.6. The Kier molecular flexibility index (Phi) is 5.98. The molecule has 9 heteroatoms. The van der Waals surface area contributed by atoms with Gasteiger partial charge in [-0.25, -0.2) is 4.98 Å². The van der Waals surface area contributed by atoms with Gasteiger partial charge in [-0.1, -0.05) is 6.07 Å². The SMILES string of the molecule is CCOc1cc(CN2CCC(c3c[nH]c(=O)c4nc[nH]c34)CC2)ccc1OC(F)F. The Labute approximate surface area is 172 Å². The number of ether oxygens (including phenoxy) is 2. The van der Waals surface area contributed by atoms with E-state index in [1.807, 2.05) is 0 Å². The number of rotatable bonds is 7. The molecule has 2 N–H and O–H groups in total. The molecule has 30 heavy (non-hydrogen) atoms. The number of H-pyrrole nitrogens is 2. The fraction of sp³-hybridized carbons (Fsp3) is 0.429. The van der Waals surface area contributed by atoms with E-state index in [0.717, 1.165) is 42.6 Å². The van der Waals surface area contributed by atoms with Crippen molar-refractivity contribution in [2.24, 2.45) is 0 Å². The van der Waals surface area contributed by atoms with Crippen LogP contribution in [0, 0.1) is 0 Å². The molecule has 0 saturated carbocycles. The first kappa shape index (κ1) is 20.3. The molecule has 0 amide bonds. The van der Waals surface area contributed by atoms with Gasteiger partial charge >= 0.3 is 6.61 Å². The van der Waals surface area contributed by atoms with Crippen molar-refractivity contribution in [3.05, 3.63) is 52.2 Å². The molecule has 1 aliphatic rings. The summed E-state index contributed by atoms with van der Waals surface area (Å²) in [5, 5.41) is 0. The van der Waals surface area contributed by atoms with E-state index in [-0.39, 0.29) is 11.3 Å². The molecule has 1 saturated heterocycles. The third-order valence-corrected chi connectivity index (χ3v) is 5.46. The summed E-state index contributed by atoms with van der Waals surface area (Å²) in [6.45, 7) is 1.76. The van der Waals surface area contributed by atoms with Crippen LogP contribution in [0.3, 0.4) is 0 Å². The minimum Gasteiger partial charge on any atom is -0.490 e. The van der Waals surface area contributed by atoms with Crippen molar-refractivity contribution in [1.29, 1.82) is 0 Å². The van der Waals surface area contributed by atoms with E-state index in [9.17, 15) is 13.6 Å². The van der Waals surface area contributed by atoms with Gasteiger partial charge in [-0.05, 0) is 62.0 Å². The maximum Gasteiger partial charge on any atom is 0.387 e. The van der Waals surface area contributed by atoms with E-state index in [4.69, 9.17) is 4.74 Å². The molecular weight excluding hydrogens is 394 g/mol. The van der Waals surface area contributed by atoms with Crippen LogP contribution >= 0.6 is 0 Å². The molecule has 1 aliphatic heterocycles. The van der Waals surface area contributed by atoms with Gasteiger partial charge in [-0.2, -0.15) is 8.78 Å². The molecule has 160 valence electrons. The molecule has 0 bridgehead atoms. The molecule has 7 nitrogen and oxygen atoms in total. The largest absolute Gasteiger partial charge is 0.490 e. The van der Waals surface area contributed by atoms with E-state index in [0.29, 0.717) is 30.3 Å². The van der Waals surface area contributed by atoms with Crippen LogP contribution in [-0.2, 0) is 6.54 Å². The number of halogens is 2. The quantitative estimate of drug-likeness (QED) is 0.612. The van der Waals surface area contributed by atoms with Crippen molar-refractivity contribution in [2.75, 3.05) is 19.7 Å². The van der Waals surface area contributed by atoms with E-state index in [1.165, 1.54) is 6.07 Å². The smallest absolute Gasteiger partial charge is 0.387 e. The molecule has 0 radical (unpaired) electrons. The Morgan fingerprint density at radius 3 is 2.77 bits per heavy atom. The van der Waals surface area contributed by atoms with Gasteiger partial charge in [0.25, 0.3) is 5.56 Å². The minimum absolute atomic E-state index is 0.0518. The van der Waals surface area contributed by atoms with Gasteiger partial charge in [0.05, 0.1) is 18.5 Å². The van der Waals surface area contributed by atoms with Gasteiger partial charge in [0.15, 0.2) is 17.0 Å². The molecule has 4 rings (SSSR count). The van der Waals surface area contributed by atoms with Crippen molar-refractivity contribution in [1.82, 2.24) is 19.9 Å². The van der Waals surface area contributed by atoms with Crippen molar-refractivity contribution in [3.63, 3.8) is 0 Å². The average Bonchev–Trinajstić information content (AvgIpc) is 3.22. The van der Waals surface area contributed by atoms with Crippen LogP contribution in [0.2, 0.25) is 0 Å². The zero-order valence-corrected chi connectivity index (χ0v) is 16.7. The highest BCUT2D eigenvalue weighted by Gasteiger charge is 2.24. The third kappa shape index (κ3) is 4.30. The van der Waals surface area contributed by atoms with Crippen LogP contribution in [0.1, 0.15) is 36.8 Å². The summed E-state index contributed by atoms with van der Waals surface area (Å²) in [5.74, 6) is 0.720. The van der Waals surface area contributed by atoms with E-state index < -0.39 is 6.61 Å². The number of aromatic amines is 2. The summed E-state index contributed by atoms with van der Waals surface area (Å²) < 4.78 is 35.2.